The SMILES string of the molecule is CCN(CC(N)C(C)C)c1cccc(F)c1. The van der Waals surface area contributed by atoms with E-state index in [-0.39, 0.29) is 11.9 Å². The van der Waals surface area contributed by atoms with Crippen molar-refractivity contribution in [2.45, 2.75) is 26.8 Å². The summed E-state index contributed by atoms with van der Waals surface area (Å²) < 4.78 is 13.1. The minimum absolute atomic E-state index is 0.114. The van der Waals surface area contributed by atoms with Gasteiger partial charge in [0.2, 0.25) is 0 Å². The Morgan fingerprint density at radius 2 is 2.06 bits per heavy atom. The molecule has 90 valence electrons. The molecule has 1 atom stereocenters. The first kappa shape index (κ1) is 13.0. The predicted octanol–water partition coefficient (Wildman–Crippen LogP) is 2.64. The van der Waals surface area contributed by atoms with Crippen LogP contribution in [0.3, 0.4) is 0 Å². The number of hydrogen-bond acceptors (Lipinski definition) is 2. The number of rotatable bonds is 5. The zero-order valence-electron chi connectivity index (χ0n) is 10.3. The van der Waals surface area contributed by atoms with Crippen LogP contribution >= 0.6 is 0 Å². The molecule has 0 aliphatic rings. The summed E-state index contributed by atoms with van der Waals surface area (Å²) in [6.07, 6.45) is 0. The van der Waals surface area contributed by atoms with Gasteiger partial charge in [-0.25, -0.2) is 4.39 Å². The third kappa shape index (κ3) is 3.49. The van der Waals surface area contributed by atoms with Crippen LogP contribution in [0, 0.1) is 11.7 Å². The molecule has 0 bridgehead atoms. The Kier molecular flexibility index (Phi) is 4.74. The fourth-order valence-electron chi connectivity index (χ4n) is 1.56. The van der Waals surface area contributed by atoms with Crippen molar-refractivity contribution < 1.29 is 4.39 Å². The van der Waals surface area contributed by atoms with Crippen molar-refractivity contribution in [2.75, 3.05) is 18.0 Å². The minimum Gasteiger partial charge on any atom is -0.370 e. The van der Waals surface area contributed by atoms with Gasteiger partial charge in [-0.2, -0.15) is 0 Å². The maximum Gasteiger partial charge on any atom is 0.125 e. The number of nitrogens with two attached hydrogens (primary N) is 1. The summed E-state index contributed by atoms with van der Waals surface area (Å²) in [5.74, 6) is 0.233. The van der Waals surface area contributed by atoms with E-state index in [1.807, 2.05) is 6.07 Å². The third-order valence-corrected chi connectivity index (χ3v) is 2.84. The van der Waals surface area contributed by atoms with Crippen LogP contribution in [0.4, 0.5) is 10.1 Å². The molecule has 0 aliphatic carbocycles. The van der Waals surface area contributed by atoms with Crippen molar-refractivity contribution in [3.05, 3.63) is 30.1 Å². The molecule has 0 aromatic heterocycles. The Balaban J connectivity index is 2.74. The summed E-state index contributed by atoms with van der Waals surface area (Å²) >= 11 is 0. The molecule has 1 rings (SSSR count). The van der Waals surface area contributed by atoms with Crippen molar-refractivity contribution in [3.8, 4) is 0 Å². The first-order chi connectivity index (χ1) is 7.54. The van der Waals surface area contributed by atoms with Crippen LogP contribution in [0.5, 0.6) is 0 Å². The largest absolute Gasteiger partial charge is 0.370 e. The highest BCUT2D eigenvalue weighted by Gasteiger charge is 2.13. The second kappa shape index (κ2) is 5.85. The van der Waals surface area contributed by atoms with E-state index in [1.54, 1.807) is 12.1 Å². The smallest absolute Gasteiger partial charge is 0.125 e. The predicted molar refractivity (Wildman–Crippen MR) is 67.1 cm³/mol. The van der Waals surface area contributed by atoms with E-state index < -0.39 is 0 Å². The van der Waals surface area contributed by atoms with Crippen LogP contribution in [0.2, 0.25) is 0 Å². The molecular weight excluding hydrogens is 203 g/mol. The molecule has 0 heterocycles. The van der Waals surface area contributed by atoms with Crippen molar-refractivity contribution in [3.63, 3.8) is 0 Å². The molecule has 0 spiro atoms. The molecule has 0 saturated heterocycles. The van der Waals surface area contributed by atoms with Crippen molar-refractivity contribution in [1.29, 1.82) is 0 Å². The summed E-state index contributed by atoms with van der Waals surface area (Å²) in [6.45, 7) is 7.85. The molecule has 2 N–H and O–H groups in total. The molecule has 2 nitrogen and oxygen atoms in total. The molecule has 0 saturated carbocycles. The van der Waals surface area contributed by atoms with Crippen LogP contribution in [0.25, 0.3) is 0 Å². The lowest BCUT2D eigenvalue weighted by atomic mass is 10.0. The van der Waals surface area contributed by atoms with Gasteiger partial charge < -0.3 is 10.6 Å². The molecule has 1 aromatic rings. The first-order valence-electron chi connectivity index (χ1n) is 5.80. The van der Waals surface area contributed by atoms with Gasteiger partial charge in [0.05, 0.1) is 0 Å². The van der Waals surface area contributed by atoms with E-state index in [0.29, 0.717) is 5.92 Å². The van der Waals surface area contributed by atoms with E-state index in [4.69, 9.17) is 5.73 Å². The first-order valence-corrected chi connectivity index (χ1v) is 5.80. The fraction of sp³-hybridized carbons (Fsp3) is 0.538. The van der Waals surface area contributed by atoms with Crippen molar-refractivity contribution in [1.82, 2.24) is 0 Å². The Labute approximate surface area is 97.3 Å². The zero-order chi connectivity index (χ0) is 12.1. The molecule has 0 amide bonds. The van der Waals surface area contributed by atoms with Crippen LogP contribution in [-0.4, -0.2) is 19.1 Å². The van der Waals surface area contributed by atoms with E-state index in [0.717, 1.165) is 18.8 Å². The average molecular weight is 224 g/mol. The Morgan fingerprint density at radius 1 is 1.38 bits per heavy atom. The van der Waals surface area contributed by atoms with Gasteiger partial charge in [-0.1, -0.05) is 19.9 Å². The average Bonchev–Trinajstić information content (AvgIpc) is 2.25. The standard InChI is InChI=1S/C13H21FN2/c1-4-16(9-13(15)10(2)3)12-7-5-6-11(14)8-12/h5-8,10,13H,4,9,15H2,1-3H3. The van der Waals surface area contributed by atoms with Gasteiger partial charge >= 0.3 is 0 Å². The monoisotopic (exact) mass is 224 g/mol. The Morgan fingerprint density at radius 3 is 2.56 bits per heavy atom. The topological polar surface area (TPSA) is 29.3 Å². The number of anilines is 1. The third-order valence-electron chi connectivity index (χ3n) is 2.84. The van der Waals surface area contributed by atoms with Crippen LogP contribution < -0.4 is 10.6 Å². The van der Waals surface area contributed by atoms with Gasteiger partial charge in [0.25, 0.3) is 0 Å². The molecule has 0 aliphatic heterocycles. The molecular formula is C13H21FN2. The highest BCUT2D eigenvalue weighted by molar-refractivity contribution is 5.46. The van der Waals surface area contributed by atoms with Crippen LogP contribution in [0.15, 0.2) is 24.3 Å². The lowest BCUT2D eigenvalue weighted by Gasteiger charge is -2.28. The maximum atomic E-state index is 13.1. The van der Waals surface area contributed by atoms with E-state index >= 15 is 0 Å². The zero-order valence-corrected chi connectivity index (χ0v) is 10.3. The fourth-order valence-corrected chi connectivity index (χ4v) is 1.56. The summed E-state index contributed by atoms with van der Waals surface area (Å²) in [4.78, 5) is 2.10. The lowest BCUT2D eigenvalue weighted by molar-refractivity contribution is 0.487. The van der Waals surface area contributed by atoms with Crippen LogP contribution in [-0.2, 0) is 0 Å². The number of nitrogens with zero attached hydrogens (tertiary/aromatic N) is 1. The molecule has 1 unspecified atom stereocenters. The van der Waals surface area contributed by atoms with Gasteiger partial charge in [0.15, 0.2) is 0 Å². The van der Waals surface area contributed by atoms with Crippen LogP contribution in [0.1, 0.15) is 20.8 Å². The Bertz CT molecular complexity index is 325. The highest BCUT2D eigenvalue weighted by Crippen LogP contribution is 2.16. The van der Waals surface area contributed by atoms with Crippen molar-refractivity contribution in [2.24, 2.45) is 11.7 Å². The maximum absolute atomic E-state index is 13.1. The van der Waals surface area contributed by atoms with Gasteiger partial charge in [0.1, 0.15) is 5.82 Å². The summed E-state index contributed by atoms with van der Waals surface area (Å²) in [5, 5.41) is 0. The number of hydrogen-bond donors (Lipinski definition) is 1. The summed E-state index contributed by atoms with van der Waals surface area (Å²) in [5.41, 5.74) is 6.93. The molecule has 16 heavy (non-hydrogen) atoms. The molecule has 0 radical (unpaired) electrons. The van der Waals surface area contributed by atoms with E-state index in [9.17, 15) is 4.39 Å². The summed E-state index contributed by atoms with van der Waals surface area (Å²) in [7, 11) is 0. The Hall–Kier alpha value is -1.09. The van der Waals surface area contributed by atoms with E-state index in [2.05, 4.69) is 25.7 Å². The van der Waals surface area contributed by atoms with Gasteiger partial charge in [-0.15, -0.1) is 0 Å². The van der Waals surface area contributed by atoms with Gasteiger partial charge in [-0.3, -0.25) is 0 Å². The lowest BCUT2D eigenvalue weighted by Crippen LogP contribution is -2.40. The summed E-state index contributed by atoms with van der Waals surface area (Å²) in [6, 6.07) is 6.77. The molecule has 0 fully saturated rings. The number of likely N-dealkylation sites (N-methyl/N-ethyl adjacent to an activating group) is 1. The number of benzene rings is 1. The highest BCUT2D eigenvalue weighted by atomic mass is 19.1. The van der Waals surface area contributed by atoms with Crippen molar-refractivity contribution >= 4 is 5.69 Å². The molecule has 3 heteroatoms. The minimum atomic E-state index is -0.200. The normalized spacial score (nSPS) is 12.9. The quantitative estimate of drug-likeness (QED) is 0.833. The van der Waals surface area contributed by atoms with Gasteiger partial charge in [-0.05, 0) is 31.0 Å². The number of halogens is 1. The van der Waals surface area contributed by atoms with E-state index in [1.165, 1.54) is 6.07 Å². The second-order valence-electron chi connectivity index (χ2n) is 4.43. The second-order valence-corrected chi connectivity index (χ2v) is 4.43. The molecule has 1 aromatic carbocycles. The van der Waals surface area contributed by atoms with Gasteiger partial charge in [0, 0.05) is 24.8 Å².